The first-order chi connectivity index (χ1) is 8.70. The van der Waals surface area contributed by atoms with E-state index in [9.17, 15) is 9.18 Å². The zero-order chi connectivity index (χ0) is 13.0. The Labute approximate surface area is 105 Å². The van der Waals surface area contributed by atoms with Gasteiger partial charge in [-0.1, -0.05) is 0 Å². The SMILES string of the molecule is NNC(=O)C1CCC(Oc2ncccc2F)CC1. The fourth-order valence-corrected chi connectivity index (χ4v) is 2.18. The number of hydrazine groups is 1. The Bertz CT molecular complexity index is 420. The third-order valence-corrected chi connectivity index (χ3v) is 3.19. The van der Waals surface area contributed by atoms with Crippen LogP contribution in [0.15, 0.2) is 18.3 Å². The Morgan fingerprint density at radius 3 is 2.78 bits per heavy atom. The molecule has 0 unspecified atom stereocenters. The molecule has 0 spiro atoms. The molecule has 1 heterocycles. The highest BCUT2D eigenvalue weighted by molar-refractivity contribution is 5.77. The van der Waals surface area contributed by atoms with E-state index in [1.165, 1.54) is 18.3 Å². The number of carbonyl (C=O) groups excluding carboxylic acids is 1. The van der Waals surface area contributed by atoms with E-state index < -0.39 is 5.82 Å². The summed E-state index contributed by atoms with van der Waals surface area (Å²) >= 11 is 0. The van der Waals surface area contributed by atoms with Crippen LogP contribution in [0.5, 0.6) is 5.88 Å². The summed E-state index contributed by atoms with van der Waals surface area (Å²) in [5, 5.41) is 0. The van der Waals surface area contributed by atoms with Gasteiger partial charge in [0.2, 0.25) is 5.91 Å². The largest absolute Gasteiger partial charge is 0.472 e. The lowest BCUT2D eigenvalue weighted by Crippen LogP contribution is -2.38. The van der Waals surface area contributed by atoms with Crippen LogP contribution in [-0.4, -0.2) is 17.0 Å². The van der Waals surface area contributed by atoms with Crippen molar-refractivity contribution in [1.82, 2.24) is 10.4 Å². The fraction of sp³-hybridized carbons (Fsp3) is 0.500. The van der Waals surface area contributed by atoms with E-state index in [1.54, 1.807) is 0 Å². The van der Waals surface area contributed by atoms with Crippen molar-refractivity contribution in [2.45, 2.75) is 31.8 Å². The molecule has 1 aromatic heterocycles. The van der Waals surface area contributed by atoms with Crippen molar-refractivity contribution in [1.29, 1.82) is 0 Å². The predicted octanol–water partition coefficient (Wildman–Crippen LogP) is 1.15. The first-order valence-electron chi connectivity index (χ1n) is 5.98. The topological polar surface area (TPSA) is 77.2 Å². The summed E-state index contributed by atoms with van der Waals surface area (Å²) in [6.45, 7) is 0. The molecular formula is C12H16FN3O2. The Balaban J connectivity index is 1.87. The average Bonchev–Trinajstić information content (AvgIpc) is 2.41. The number of amides is 1. The van der Waals surface area contributed by atoms with Gasteiger partial charge in [-0.15, -0.1) is 0 Å². The van der Waals surface area contributed by atoms with E-state index in [0.717, 1.165) is 0 Å². The van der Waals surface area contributed by atoms with Crippen LogP contribution in [-0.2, 0) is 4.79 Å². The van der Waals surface area contributed by atoms with Gasteiger partial charge in [-0.2, -0.15) is 0 Å². The maximum atomic E-state index is 13.3. The molecule has 0 radical (unpaired) electrons. The van der Waals surface area contributed by atoms with Crippen LogP contribution in [0.4, 0.5) is 4.39 Å². The van der Waals surface area contributed by atoms with Crippen LogP contribution in [0.1, 0.15) is 25.7 Å². The van der Waals surface area contributed by atoms with Gasteiger partial charge in [-0.3, -0.25) is 10.2 Å². The molecule has 18 heavy (non-hydrogen) atoms. The number of aromatic nitrogens is 1. The second-order valence-corrected chi connectivity index (χ2v) is 4.39. The van der Waals surface area contributed by atoms with Gasteiger partial charge in [-0.05, 0) is 37.8 Å². The van der Waals surface area contributed by atoms with Crippen molar-refractivity contribution >= 4 is 5.91 Å². The fourth-order valence-electron chi connectivity index (χ4n) is 2.18. The number of halogens is 1. The van der Waals surface area contributed by atoms with Crippen LogP contribution in [0.3, 0.4) is 0 Å². The second kappa shape index (κ2) is 5.77. The van der Waals surface area contributed by atoms with Crippen LogP contribution >= 0.6 is 0 Å². The summed E-state index contributed by atoms with van der Waals surface area (Å²) in [4.78, 5) is 15.2. The lowest BCUT2D eigenvalue weighted by Gasteiger charge is -2.27. The zero-order valence-corrected chi connectivity index (χ0v) is 9.93. The highest BCUT2D eigenvalue weighted by Crippen LogP contribution is 2.27. The molecule has 1 aromatic rings. The van der Waals surface area contributed by atoms with E-state index in [-0.39, 0.29) is 23.8 Å². The van der Waals surface area contributed by atoms with Crippen LogP contribution in [0.2, 0.25) is 0 Å². The minimum Gasteiger partial charge on any atom is -0.472 e. The Morgan fingerprint density at radius 2 is 2.17 bits per heavy atom. The van der Waals surface area contributed by atoms with Crippen molar-refractivity contribution in [3.8, 4) is 5.88 Å². The lowest BCUT2D eigenvalue weighted by atomic mass is 9.87. The number of nitrogens with zero attached hydrogens (tertiary/aromatic N) is 1. The van der Waals surface area contributed by atoms with E-state index in [4.69, 9.17) is 10.6 Å². The summed E-state index contributed by atoms with van der Waals surface area (Å²) in [6, 6.07) is 2.83. The van der Waals surface area contributed by atoms with Gasteiger partial charge in [-0.25, -0.2) is 15.2 Å². The van der Waals surface area contributed by atoms with E-state index in [2.05, 4.69) is 10.4 Å². The maximum absolute atomic E-state index is 13.3. The maximum Gasteiger partial charge on any atom is 0.250 e. The highest BCUT2D eigenvalue weighted by Gasteiger charge is 2.27. The average molecular weight is 253 g/mol. The van der Waals surface area contributed by atoms with Crippen LogP contribution < -0.4 is 16.0 Å². The third kappa shape index (κ3) is 2.95. The number of hydrogen-bond acceptors (Lipinski definition) is 4. The molecule has 0 saturated heterocycles. The molecule has 1 amide bonds. The monoisotopic (exact) mass is 253 g/mol. The molecule has 0 bridgehead atoms. The van der Waals surface area contributed by atoms with E-state index >= 15 is 0 Å². The smallest absolute Gasteiger partial charge is 0.250 e. The van der Waals surface area contributed by atoms with Crippen molar-refractivity contribution in [3.05, 3.63) is 24.1 Å². The standard InChI is InChI=1S/C12H16FN3O2/c13-10-2-1-7-15-12(10)18-9-5-3-8(4-6-9)11(17)16-14/h1-2,7-9H,3-6,14H2,(H,16,17). The second-order valence-electron chi connectivity index (χ2n) is 4.39. The van der Waals surface area contributed by atoms with Crippen molar-refractivity contribution in [2.75, 3.05) is 0 Å². The Kier molecular flexibility index (Phi) is 4.09. The first kappa shape index (κ1) is 12.8. The van der Waals surface area contributed by atoms with Gasteiger partial charge in [0.1, 0.15) is 6.10 Å². The molecule has 6 heteroatoms. The van der Waals surface area contributed by atoms with Gasteiger partial charge >= 0.3 is 0 Å². The normalized spacial score (nSPS) is 23.4. The quantitative estimate of drug-likeness (QED) is 0.481. The van der Waals surface area contributed by atoms with Crippen molar-refractivity contribution < 1.29 is 13.9 Å². The first-order valence-corrected chi connectivity index (χ1v) is 5.98. The van der Waals surface area contributed by atoms with Gasteiger partial charge in [0.15, 0.2) is 5.82 Å². The minimum atomic E-state index is -0.459. The predicted molar refractivity (Wildman–Crippen MR) is 62.9 cm³/mol. The van der Waals surface area contributed by atoms with Gasteiger partial charge in [0.05, 0.1) is 0 Å². The molecule has 0 aromatic carbocycles. The molecule has 1 saturated carbocycles. The number of nitrogens with one attached hydrogen (secondary N) is 1. The van der Waals surface area contributed by atoms with E-state index in [0.29, 0.717) is 25.7 Å². The summed E-state index contributed by atoms with van der Waals surface area (Å²) in [5.74, 6) is 4.46. The van der Waals surface area contributed by atoms with Gasteiger partial charge in [0, 0.05) is 12.1 Å². The van der Waals surface area contributed by atoms with E-state index in [1.807, 2.05) is 0 Å². The van der Waals surface area contributed by atoms with Gasteiger partial charge in [0.25, 0.3) is 5.88 Å². The molecular weight excluding hydrogens is 237 g/mol. The summed E-state index contributed by atoms with van der Waals surface area (Å²) in [5.41, 5.74) is 2.16. The summed E-state index contributed by atoms with van der Waals surface area (Å²) in [6.07, 6.45) is 4.20. The van der Waals surface area contributed by atoms with Crippen LogP contribution in [0.25, 0.3) is 0 Å². The third-order valence-electron chi connectivity index (χ3n) is 3.19. The van der Waals surface area contributed by atoms with Crippen molar-refractivity contribution in [2.24, 2.45) is 11.8 Å². The molecule has 1 aliphatic rings. The number of ether oxygens (including phenoxy) is 1. The number of pyridine rings is 1. The van der Waals surface area contributed by atoms with Crippen LogP contribution in [0, 0.1) is 11.7 Å². The molecule has 3 N–H and O–H groups in total. The lowest BCUT2D eigenvalue weighted by molar-refractivity contribution is -0.126. The number of hydrogen-bond donors (Lipinski definition) is 2. The molecule has 0 aliphatic heterocycles. The zero-order valence-electron chi connectivity index (χ0n) is 9.93. The van der Waals surface area contributed by atoms with Crippen molar-refractivity contribution in [3.63, 3.8) is 0 Å². The Hall–Kier alpha value is -1.69. The van der Waals surface area contributed by atoms with Gasteiger partial charge < -0.3 is 4.74 Å². The molecule has 1 aliphatic carbocycles. The minimum absolute atomic E-state index is 0.0317. The molecule has 1 fully saturated rings. The number of nitrogens with two attached hydrogens (primary N) is 1. The summed E-state index contributed by atoms with van der Waals surface area (Å²) < 4.78 is 18.8. The molecule has 2 rings (SSSR count). The molecule has 98 valence electrons. The summed E-state index contributed by atoms with van der Waals surface area (Å²) in [7, 11) is 0. The Morgan fingerprint density at radius 1 is 1.44 bits per heavy atom. The highest BCUT2D eigenvalue weighted by atomic mass is 19.1. The molecule has 0 atom stereocenters. The number of rotatable bonds is 3. The number of carbonyl (C=O) groups is 1. The molecule has 5 nitrogen and oxygen atoms in total.